The van der Waals surface area contributed by atoms with Crippen LogP contribution in [0.2, 0.25) is 0 Å². The monoisotopic (exact) mass is 295 g/mol. The predicted molar refractivity (Wildman–Crippen MR) is 77.9 cm³/mol. The van der Waals surface area contributed by atoms with Crippen LogP contribution in [0.3, 0.4) is 0 Å². The molecule has 0 spiro atoms. The molecule has 1 aliphatic rings. The van der Waals surface area contributed by atoms with E-state index in [4.69, 9.17) is 9.84 Å². The SMILES string of the molecule is O=C(O)CCC1CCCN(CCOc2ccc(F)cc2)C1. The molecule has 1 fully saturated rings. The molecule has 5 heteroatoms. The van der Waals surface area contributed by atoms with Crippen LogP contribution in [0.4, 0.5) is 4.39 Å². The summed E-state index contributed by atoms with van der Waals surface area (Å²) in [5, 5.41) is 8.74. The van der Waals surface area contributed by atoms with E-state index in [1.54, 1.807) is 12.1 Å². The van der Waals surface area contributed by atoms with Crippen molar-refractivity contribution < 1.29 is 19.0 Å². The molecule has 1 saturated heterocycles. The van der Waals surface area contributed by atoms with Gasteiger partial charge in [0.15, 0.2) is 0 Å². The Morgan fingerprint density at radius 1 is 1.38 bits per heavy atom. The normalized spacial score (nSPS) is 19.4. The van der Waals surface area contributed by atoms with Crippen LogP contribution in [0.15, 0.2) is 24.3 Å². The first-order valence-electron chi connectivity index (χ1n) is 7.46. The Kier molecular flexibility index (Phi) is 5.99. The average Bonchev–Trinajstić information content (AvgIpc) is 2.48. The smallest absolute Gasteiger partial charge is 0.303 e. The fraction of sp³-hybridized carbons (Fsp3) is 0.562. The van der Waals surface area contributed by atoms with Crippen molar-refractivity contribution in [3.05, 3.63) is 30.1 Å². The highest BCUT2D eigenvalue weighted by atomic mass is 19.1. The number of rotatable bonds is 7. The molecule has 0 saturated carbocycles. The van der Waals surface area contributed by atoms with E-state index >= 15 is 0 Å². The molecule has 0 aromatic heterocycles. The summed E-state index contributed by atoms with van der Waals surface area (Å²) in [6.07, 6.45) is 3.23. The number of benzene rings is 1. The zero-order chi connectivity index (χ0) is 15.1. The number of ether oxygens (including phenoxy) is 1. The first-order valence-corrected chi connectivity index (χ1v) is 7.46. The van der Waals surface area contributed by atoms with E-state index in [9.17, 15) is 9.18 Å². The summed E-state index contributed by atoms with van der Waals surface area (Å²) in [6, 6.07) is 6.03. The van der Waals surface area contributed by atoms with E-state index in [0.717, 1.165) is 38.9 Å². The zero-order valence-electron chi connectivity index (χ0n) is 12.1. The minimum absolute atomic E-state index is 0.255. The van der Waals surface area contributed by atoms with Gasteiger partial charge in [-0.3, -0.25) is 9.69 Å². The highest BCUT2D eigenvalue weighted by molar-refractivity contribution is 5.66. The van der Waals surface area contributed by atoms with Crippen molar-refractivity contribution in [1.82, 2.24) is 4.90 Å². The number of likely N-dealkylation sites (tertiary alicyclic amines) is 1. The Bertz CT molecular complexity index is 449. The molecule has 1 N–H and O–H groups in total. The van der Waals surface area contributed by atoms with Crippen molar-refractivity contribution in [3.8, 4) is 5.75 Å². The molecule has 0 aliphatic carbocycles. The fourth-order valence-corrected chi connectivity index (χ4v) is 2.74. The van der Waals surface area contributed by atoms with Crippen molar-refractivity contribution >= 4 is 5.97 Å². The molecule has 2 rings (SSSR count). The average molecular weight is 295 g/mol. The van der Waals surface area contributed by atoms with Crippen molar-refractivity contribution in [1.29, 1.82) is 0 Å². The number of aliphatic carboxylic acids is 1. The molecule has 1 aromatic rings. The van der Waals surface area contributed by atoms with E-state index in [1.165, 1.54) is 12.1 Å². The van der Waals surface area contributed by atoms with Gasteiger partial charge < -0.3 is 9.84 Å². The summed E-state index contributed by atoms with van der Waals surface area (Å²) in [7, 11) is 0. The minimum atomic E-state index is -0.716. The largest absolute Gasteiger partial charge is 0.492 e. The number of carboxylic acid groups (broad SMARTS) is 1. The molecule has 4 nitrogen and oxygen atoms in total. The number of piperidine rings is 1. The van der Waals surface area contributed by atoms with Crippen LogP contribution in [0.1, 0.15) is 25.7 Å². The zero-order valence-corrected chi connectivity index (χ0v) is 12.1. The summed E-state index contributed by atoms with van der Waals surface area (Å²) in [4.78, 5) is 12.9. The quantitative estimate of drug-likeness (QED) is 0.840. The van der Waals surface area contributed by atoms with Gasteiger partial charge in [-0.2, -0.15) is 0 Å². The van der Waals surface area contributed by atoms with Crippen LogP contribution in [-0.2, 0) is 4.79 Å². The number of halogens is 1. The predicted octanol–water partition coefficient (Wildman–Crippen LogP) is 2.78. The van der Waals surface area contributed by atoms with Crippen LogP contribution in [0.25, 0.3) is 0 Å². The summed E-state index contributed by atoms with van der Waals surface area (Å²) in [5.41, 5.74) is 0. The molecule has 1 aliphatic heterocycles. The number of carboxylic acids is 1. The molecule has 0 amide bonds. The lowest BCUT2D eigenvalue weighted by molar-refractivity contribution is -0.137. The highest BCUT2D eigenvalue weighted by Crippen LogP contribution is 2.21. The molecule has 0 radical (unpaired) electrons. The summed E-state index contributed by atoms with van der Waals surface area (Å²) >= 11 is 0. The van der Waals surface area contributed by atoms with Gasteiger partial charge in [0.1, 0.15) is 18.2 Å². The molecular weight excluding hydrogens is 273 g/mol. The van der Waals surface area contributed by atoms with Gasteiger partial charge in [-0.25, -0.2) is 4.39 Å². The lowest BCUT2D eigenvalue weighted by Gasteiger charge is -2.32. The third-order valence-corrected chi connectivity index (χ3v) is 3.86. The molecule has 1 aromatic carbocycles. The molecule has 21 heavy (non-hydrogen) atoms. The van der Waals surface area contributed by atoms with Crippen molar-refractivity contribution in [3.63, 3.8) is 0 Å². The highest BCUT2D eigenvalue weighted by Gasteiger charge is 2.20. The van der Waals surface area contributed by atoms with Gasteiger partial charge in [-0.15, -0.1) is 0 Å². The van der Waals surface area contributed by atoms with E-state index in [-0.39, 0.29) is 12.2 Å². The van der Waals surface area contributed by atoms with Gasteiger partial charge in [-0.05, 0) is 56.0 Å². The second-order valence-corrected chi connectivity index (χ2v) is 5.54. The molecule has 1 heterocycles. The van der Waals surface area contributed by atoms with Gasteiger partial charge >= 0.3 is 5.97 Å². The molecule has 1 atom stereocenters. The maximum Gasteiger partial charge on any atom is 0.303 e. The standard InChI is InChI=1S/C16H22FNO3/c17-14-4-6-15(7-5-14)21-11-10-18-9-1-2-13(12-18)3-8-16(19)20/h4-7,13H,1-3,8-12H2,(H,19,20). The van der Waals surface area contributed by atoms with Crippen LogP contribution < -0.4 is 4.74 Å². The van der Waals surface area contributed by atoms with Crippen LogP contribution in [0.5, 0.6) is 5.75 Å². The van der Waals surface area contributed by atoms with Crippen LogP contribution >= 0.6 is 0 Å². The second-order valence-electron chi connectivity index (χ2n) is 5.54. The molecule has 116 valence electrons. The Balaban J connectivity index is 1.68. The van der Waals surface area contributed by atoms with Crippen molar-refractivity contribution in [2.24, 2.45) is 5.92 Å². The van der Waals surface area contributed by atoms with Gasteiger partial charge in [0.25, 0.3) is 0 Å². The topological polar surface area (TPSA) is 49.8 Å². The van der Waals surface area contributed by atoms with E-state index < -0.39 is 5.97 Å². The first kappa shape index (κ1) is 15.8. The second kappa shape index (κ2) is 7.98. The Morgan fingerprint density at radius 3 is 2.86 bits per heavy atom. The molecular formula is C16H22FNO3. The number of hydrogen-bond donors (Lipinski definition) is 1. The molecule has 1 unspecified atom stereocenters. The maximum absolute atomic E-state index is 12.8. The van der Waals surface area contributed by atoms with Gasteiger partial charge in [-0.1, -0.05) is 0 Å². The third kappa shape index (κ3) is 5.71. The van der Waals surface area contributed by atoms with Gasteiger partial charge in [0, 0.05) is 19.5 Å². The van der Waals surface area contributed by atoms with Gasteiger partial charge in [0.05, 0.1) is 0 Å². The van der Waals surface area contributed by atoms with Crippen LogP contribution in [0, 0.1) is 11.7 Å². The fourth-order valence-electron chi connectivity index (χ4n) is 2.74. The number of carbonyl (C=O) groups is 1. The summed E-state index contributed by atoms with van der Waals surface area (Å²) in [5.74, 6) is 0.169. The van der Waals surface area contributed by atoms with Crippen molar-refractivity contribution in [2.45, 2.75) is 25.7 Å². The summed E-state index contributed by atoms with van der Waals surface area (Å²) < 4.78 is 18.4. The van der Waals surface area contributed by atoms with E-state index in [2.05, 4.69) is 4.90 Å². The minimum Gasteiger partial charge on any atom is -0.492 e. The Labute approximate surface area is 124 Å². The van der Waals surface area contributed by atoms with Gasteiger partial charge in [0.2, 0.25) is 0 Å². The lowest BCUT2D eigenvalue weighted by atomic mass is 9.93. The Morgan fingerprint density at radius 2 is 2.14 bits per heavy atom. The Hall–Kier alpha value is -1.62. The summed E-state index contributed by atoms with van der Waals surface area (Å²) in [6.45, 7) is 3.37. The third-order valence-electron chi connectivity index (χ3n) is 3.86. The maximum atomic E-state index is 12.8. The lowest BCUT2D eigenvalue weighted by Crippen LogP contribution is -2.38. The van der Waals surface area contributed by atoms with E-state index in [1.807, 2.05) is 0 Å². The van der Waals surface area contributed by atoms with E-state index in [0.29, 0.717) is 18.3 Å². The first-order chi connectivity index (χ1) is 10.1. The number of nitrogens with zero attached hydrogens (tertiary/aromatic N) is 1. The van der Waals surface area contributed by atoms with Crippen molar-refractivity contribution in [2.75, 3.05) is 26.2 Å². The molecule has 0 bridgehead atoms. The number of hydrogen-bond acceptors (Lipinski definition) is 3. The van der Waals surface area contributed by atoms with Crippen LogP contribution in [-0.4, -0.2) is 42.2 Å².